The Morgan fingerprint density at radius 1 is 1.13 bits per heavy atom. The van der Waals surface area contributed by atoms with Crippen LogP contribution >= 0.6 is 0 Å². The summed E-state index contributed by atoms with van der Waals surface area (Å²) in [5.41, 5.74) is 5.06. The lowest BCUT2D eigenvalue weighted by Crippen LogP contribution is -2.64. The number of hydroxylamine groups is 1. The summed E-state index contributed by atoms with van der Waals surface area (Å²) in [4.78, 5) is 25.7. The number of urea groups is 1. The van der Waals surface area contributed by atoms with E-state index < -0.39 is 24.2 Å². The molecule has 0 bridgehead atoms. The first-order valence-corrected chi connectivity index (χ1v) is 10.3. The molecule has 1 aliphatic rings. The van der Waals surface area contributed by atoms with Crippen LogP contribution in [-0.4, -0.2) is 45.5 Å². The molecule has 7 nitrogen and oxygen atoms in total. The van der Waals surface area contributed by atoms with E-state index in [9.17, 15) is 14.7 Å². The van der Waals surface area contributed by atoms with E-state index in [4.69, 9.17) is 5.21 Å². The van der Waals surface area contributed by atoms with Gasteiger partial charge in [-0.25, -0.2) is 10.3 Å². The fourth-order valence-electron chi connectivity index (χ4n) is 3.96. The molecule has 1 fully saturated rings. The lowest BCUT2D eigenvalue weighted by atomic mass is 9.96. The van der Waals surface area contributed by atoms with Gasteiger partial charge in [-0.05, 0) is 35.4 Å². The largest absolute Gasteiger partial charge is 0.373 e. The Labute approximate surface area is 176 Å². The van der Waals surface area contributed by atoms with Gasteiger partial charge in [-0.2, -0.15) is 0 Å². The van der Waals surface area contributed by atoms with E-state index in [0.29, 0.717) is 12.8 Å². The lowest BCUT2D eigenvalue weighted by Gasteiger charge is -2.42. The van der Waals surface area contributed by atoms with E-state index >= 15 is 0 Å². The molecule has 4 N–H and O–H groups in total. The van der Waals surface area contributed by atoms with Gasteiger partial charge in [0.2, 0.25) is 0 Å². The molecule has 3 amide bonds. The Hall–Kier alpha value is -2.90. The summed E-state index contributed by atoms with van der Waals surface area (Å²) < 4.78 is 0. The molecule has 0 radical (unpaired) electrons. The second-order valence-corrected chi connectivity index (χ2v) is 8.04. The fourth-order valence-corrected chi connectivity index (χ4v) is 3.96. The van der Waals surface area contributed by atoms with Crippen molar-refractivity contribution in [3.8, 4) is 11.1 Å². The molecule has 7 heteroatoms. The van der Waals surface area contributed by atoms with Crippen molar-refractivity contribution < 1.29 is 19.9 Å². The molecule has 3 atom stereocenters. The molecule has 160 valence electrons. The van der Waals surface area contributed by atoms with Crippen LogP contribution in [0.2, 0.25) is 0 Å². The Bertz CT molecular complexity index is 855. The van der Waals surface area contributed by atoms with Crippen LogP contribution in [0, 0.1) is 5.92 Å². The lowest BCUT2D eigenvalue weighted by molar-refractivity contribution is -0.140. The van der Waals surface area contributed by atoms with Gasteiger partial charge in [0.25, 0.3) is 5.91 Å². The number of rotatable bonds is 7. The predicted octanol–water partition coefficient (Wildman–Crippen LogP) is 2.92. The maximum absolute atomic E-state index is 12.6. The number of carbonyl (C=O) groups is 2. The number of hydrogen-bond donors (Lipinski definition) is 4. The average Bonchev–Trinajstić information content (AvgIpc) is 2.75. The van der Waals surface area contributed by atoms with E-state index in [1.807, 2.05) is 18.2 Å². The second kappa shape index (κ2) is 9.73. The van der Waals surface area contributed by atoms with E-state index in [1.165, 1.54) is 5.56 Å². The summed E-state index contributed by atoms with van der Waals surface area (Å²) in [6.07, 6.45) is 0.668. The van der Waals surface area contributed by atoms with Crippen molar-refractivity contribution in [1.29, 1.82) is 0 Å². The highest BCUT2D eigenvalue weighted by Gasteiger charge is 2.41. The molecular formula is C23H29N3O4. The first-order chi connectivity index (χ1) is 14.4. The summed E-state index contributed by atoms with van der Waals surface area (Å²) >= 11 is 0. The Morgan fingerprint density at radius 2 is 1.77 bits per heavy atom. The SMILES string of the molecule is CC(C)[C@H](C(=O)NO)N1C(=O)N[C@@H](CCc2ccc(-c3ccccc3)cc2)CC1O. The zero-order chi connectivity index (χ0) is 21.7. The molecule has 1 heterocycles. The molecule has 3 rings (SSSR count). The summed E-state index contributed by atoms with van der Waals surface area (Å²) in [5.74, 6) is -0.978. The molecule has 30 heavy (non-hydrogen) atoms. The van der Waals surface area contributed by atoms with Crippen molar-refractivity contribution >= 4 is 11.9 Å². The highest BCUT2D eigenvalue weighted by molar-refractivity contribution is 5.87. The summed E-state index contributed by atoms with van der Waals surface area (Å²) in [5, 5.41) is 22.4. The van der Waals surface area contributed by atoms with Crippen LogP contribution in [0.4, 0.5) is 4.79 Å². The molecule has 1 saturated heterocycles. The number of aliphatic hydroxyl groups excluding tert-OH is 1. The highest BCUT2D eigenvalue weighted by Crippen LogP contribution is 2.24. The molecule has 0 saturated carbocycles. The molecule has 0 aromatic heterocycles. The smallest absolute Gasteiger partial charge is 0.320 e. The highest BCUT2D eigenvalue weighted by atomic mass is 16.5. The zero-order valence-corrected chi connectivity index (χ0v) is 17.3. The van der Waals surface area contributed by atoms with Crippen LogP contribution in [0.15, 0.2) is 54.6 Å². The normalized spacial score (nSPS) is 20.0. The van der Waals surface area contributed by atoms with Crippen LogP contribution in [0.1, 0.15) is 32.3 Å². The Balaban J connectivity index is 1.59. The molecule has 1 aliphatic heterocycles. The van der Waals surface area contributed by atoms with Crippen LogP contribution < -0.4 is 10.8 Å². The molecule has 1 unspecified atom stereocenters. The van der Waals surface area contributed by atoms with Gasteiger partial charge in [-0.3, -0.25) is 14.9 Å². The Kier molecular flexibility index (Phi) is 7.07. The van der Waals surface area contributed by atoms with Crippen LogP contribution in [-0.2, 0) is 11.2 Å². The van der Waals surface area contributed by atoms with Crippen molar-refractivity contribution in [3.63, 3.8) is 0 Å². The number of nitrogens with one attached hydrogen (secondary N) is 2. The monoisotopic (exact) mass is 411 g/mol. The van der Waals surface area contributed by atoms with E-state index in [0.717, 1.165) is 22.4 Å². The van der Waals surface area contributed by atoms with Crippen molar-refractivity contribution in [2.75, 3.05) is 0 Å². The van der Waals surface area contributed by atoms with Gasteiger partial charge in [-0.1, -0.05) is 68.4 Å². The average molecular weight is 412 g/mol. The van der Waals surface area contributed by atoms with Crippen LogP contribution in [0.5, 0.6) is 0 Å². The third-order valence-corrected chi connectivity index (χ3v) is 5.53. The van der Waals surface area contributed by atoms with Gasteiger partial charge >= 0.3 is 6.03 Å². The standard InChI is InChI=1S/C23H29N3O4/c1-15(2)21(22(28)25-30)26-20(27)14-19(24-23(26)29)13-10-16-8-11-18(12-9-16)17-6-4-3-5-7-17/h3-9,11-12,15,19-21,27,30H,10,13-14H2,1-2H3,(H,24,29)(H,25,28)/t19-,20?,21+/m0/s1. The number of hydrogen-bond acceptors (Lipinski definition) is 4. The first kappa shape index (κ1) is 21.8. The predicted molar refractivity (Wildman–Crippen MR) is 114 cm³/mol. The maximum Gasteiger partial charge on any atom is 0.320 e. The molecular weight excluding hydrogens is 382 g/mol. The van der Waals surface area contributed by atoms with Gasteiger partial charge in [0.15, 0.2) is 0 Å². The molecule has 2 aromatic rings. The maximum atomic E-state index is 12.6. The van der Waals surface area contributed by atoms with Crippen molar-refractivity contribution in [3.05, 3.63) is 60.2 Å². The minimum atomic E-state index is -1.09. The Morgan fingerprint density at radius 3 is 2.33 bits per heavy atom. The van der Waals surface area contributed by atoms with Crippen LogP contribution in [0.3, 0.4) is 0 Å². The minimum Gasteiger partial charge on any atom is -0.373 e. The number of aryl methyl sites for hydroxylation is 1. The third-order valence-electron chi connectivity index (χ3n) is 5.53. The van der Waals surface area contributed by atoms with Gasteiger partial charge in [-0.15, -0.1) is 0 Å². The number of aliphatic hydroxyl groups is 1. The van der Waals surface area contributed by atoms with Crippen molar-refractivity contribution in [1.82, 2.24) is 15.7 Å². The minimum absolute atomic E-state index is 0.192. The number of carbonyl (C=O) groups excluding carboxylic acids is 2. The first-order valence-electron chi connectivity index (χ1n) is 10.3. The topological polar surface area (TPSA) is 102 Å². The number of amides is 3. The van der Waals surface area contributed by atoms with Gasteiger partial charge in [0, 0.05) is 12.5 Å². The van der Waals surface area contributed by atoms with Crippen molar-refractivity contribution in [2.45, 2.75) is 51.4 Å². The molecule has 0 spiro atoms. The van der Waals surface area contributed by atoms with Gasteiger partial charge in [0.1, 0.15) is 12.3 Å². The number of benzene rings is 2. The van der Waals surface area contributed by atoms with Gasteiger partial charge in [0.05, 0.1) is 0 Å². The van der Waals surface area contributed by atoms with Gasteiger partial charge < -0.3 is 10.4 Å². The summed E-state index contributed by atoms with van der Waals surface area (Å²) in [6.45, 7) is 3.51. The quantitative estimate of drug-likeness (QED) is 0.416. The fraction of sp³-hybridized carbons (Fsp3) is 0.391. The summed E-state index contributed by atoms with van der Waals surface area (Å²) in [6, 6.07) is 16.8. The van der Waals surface area contributed by atoms with Crippen LogP contribution in [0.25, 0.3) is 11.1 Å². The van der Waals surface area contributed by atoms with E-state index in [1.54, 1.807) is 19.3 Å². The van der Waals surface area contributed by atoms with Crippen molar-refractivity contribution in [2.24, 2.45) is 5.92 Å². The zero-order valence-electron chi connectivity index (χ0n) is 17.3. The van der Waals surface area contributed by atoms with E-state index in [2.05, 4.69) is 41.7 Å². The molecule has 0 aliphatic carbocycles. The summed E-state index contributed by atoms with van der Waals surface area (Å²) in [7, 11) is 0. The third kappa shape index (κ3) is 4.98. The number of nitrogens with zero attached hydrogens (tertiary/aromatic N) is 1. The van der Waals surface area contributed by atoms with E-state index in [-0.39, 0.29) is 12.0 Å². The molecule has 2 aromatic carbocycles. The second-order valence-electron chi connectivity index (χ2n) is 8.04.